The van der Waals surface area contributed by atoms with Crippen LogP contribution in [0.1, 0.15) is 31.4 Å². The van der Waals surface area contributed by atoms with Crippen molar-refractivity contribution in [1.82, 2.24) is 0 Å². The fourth-order valence-electron chi connectivity index (χ4n) is 1.32. The zero-order valence-electron chi connectivity index (χ0n) is 9.47. The van der Waals surface area contributed by atoms with Crippen LogP contribution in [-0.4, -0.2) is 17.0 Å². The maximum absolute atomic E-state index is 11.3. The average molecular weight is 236 g/mol. The van der Waals surface area contributed by atoms with E-state index in [9.17, 15) is 19.8 Å². The van der Waals surface area contributed by atoms with Crippen LogP contribution in [0.2, 0.25) is 0 Å². The summed E-state index contributed by atoms with van der Waals surface area (Å²) >= 11 is 0. The van der Waals surface area contributed by atoms with E-state index in [-0.39, 0.29) is 12.8 Å². The Kier molecular flexibility index (Phi) is 4.66. The molecule has 0 saturated carbocycles. The molecule has 92 valence electrons. The van der Waals surface area contributed by atoms with Crippen molar-refractivity contribution in [1.29, 1.82) is 0 Å². The molecule has 0 aliphatic carbocycles. The van der Waals surface area contributed by atoms with Gasteiger partial charge in [0.1, 0.15) is 0 Å². The lowest BCUT2D eigenvalue weighted by Gasteiger charge is -2.09. The zero-order chi connectivity index (χ0) is 12.8. The lowest BCUT2D eigenvalue weighted by atomic mass is 10.1. The van der Waals surface area contributed by atoms with Crippen LogP contribution in [-0.2, 0) is 9.59 Å². The average Bonchev–Trinajstić information content (AvgIpc) is 2.26. The number of aliphatic hydroxyl groups excluding tert-OH is 1. The number of aliphatic hydroxyl groups is 1. The standard InChI is InChI=1S/C12H15NO4/c1-8(14)9-3-2-4-10(7-9)13-11(15)5-6-12(16)17/h2-4,7-8,14H,5-6H2,1H3,(H,13,15)(H,16,17)/p-1/t8-/m0/s1. The molecule has 1 aromatic carbocycles. The Labute approximate surface area is 99.1 Å². The highest BCUT2D eigenvalue weighted by molar-refractivity contribution is 5.92. The molecule has 0 bridgehead atoms. The first-order valence-electron chi connectivity index (χ1n) is 5.27. The number of amides is 1. The minimum atomic E-state index is -1.25. The summed E-state index contributed by atoms with van der Waals surface area (Å²) in [6.07, 6.45) is -1.04. The van der Waals surface area contributed by atoms with Gasteiger partial charge in [-0.1, -0.05) is 12.1 Å². The Bertz CT molecular complexity index is 415. The van der Waals surface area contributed by atoms with Crippen molar-refractivity contribution >= 4 is 17.6 Å². The van der Waals surface area contributed by atoms with Gasteiger partial charge in [-0.05, 0) is 31.0 Å². The first-order chi connectivity index (χ1) is 7.99. The molecular formula is C12H14NO4-. The minimum absolute atomic E-state index is 0.124. The Hall–Kier alpha value is -1.88. The van der Waals surface area contributed by atoms with Crippen LogP contribution in [0.3, 0.4) is 0 Å². The summed E-state index contributed by atoms with van der Waals surface area (Å²) in [5.41, 5.74) is 1.22. The molecule has 0 heterocycles. The van der Waals surface area contributed by atoms with E-state index in [0.29, 0.717) is 11.3 Å². The van der Waals surface area contributed by atoms with Gasteiger partial charge >= 0.3 is 0 Å². The highest BCUT2D eigenvalue weighted by atomic mass is 16.4. The molecule has 5 heteroatoms. The van der Waals surface area contributed by atoms with Crippen LogP contribution in [0.15, 0.2) is 24.3 Å². The minimum Gasteiger partial charge on any atom is -0.550 e. The van der Waals surface area contributed by atoms with Crippen molar-refractivity contribution in [2.75, 3.05) is 5.32 Å². The van der Waals surface area contributed by atoms with E-state index in [2.05, 4.69) is 5.32 Å². The molecule has 1 atom stereocenters. The van der Waals surface area contributed by atoms with E-state index in [4.69, 9.17) is 0 Å². The van der Waals surface area contributed by atoms with Crippen LogP contribution in [0, 0.1) is 0 Å². The van der Waals surface area contributed by atoms with Crippen molar-refractivity contribution in [2.24, 2.45) is 0 Å². The molecule has 0 aliphatic heterocycles. The number of anilines is 1. The maximum atomic E-state index is 11.3. The number of hydrogen-bond donors (Lipinski definition) is 2. The number of carbonyl (C=O) groups excluding carboxylic acids is 2. The quantitative estimate of drug-likeness (QED) is 0.764. The van der Waals surface area contributed by atoms with Crippen molar-refractivity contribution < 1.29 is 19.8 Å². The van der Waals surface area contributed by atoms with Crippen LogP contribution in [0.25, 0.3) is 0 Å². The molecule has 0 radical (unpaired) electrons. The molecule has 0 spiro atoms. The van der Waals surface area contributed by atoms with E-state index in [1.165, 1.54) is 0 Å². The zero-order valence-corrected chi connectivity index (χ0v) is 9.47. The van der Waals surface area contributed by atoms with Crippen LogP contribution >= 0.6 is 0 Å². The molecule has 5 nitrogen and oxygen atoms in total. The molecule has 2 N–H and O–H groups in total. The van der Waals surface area contributed by atoms with Crippen LogP contribution in [0.5, 0.6) is 0 Å². The second-order valence-corrected chi connectivity index (χ2v) is 3.72. The molecule has 0 aromatic heterocycles. The summed E-state index contributed by atoms with van der Waals surface area (Å²) in [5.74, 6) is -1.64. The van der Waals surface area contributed by atoms with E-state index < -0.39 is 18.0 Å². The first-order valence-corrected chi connectivity index (χ1v) is 5.27. The third-order valence-corrected chi connectivity index (χ3v) is 2.21. The van der Waals surface area contributed by atoms with Crippen molar-refractivity contribution in [3.63, 3.8) is 0 Å². The fourth-order valence-corrected chi connectivity index (χ4v) is 1.32. The van der Waals surface area contributed by atoms with Crippen LogP contribution in [0.4, 0.5) is 5.69 Å². The number of aliphatic carboxylic acids is 1. The predicted molar refractivity (Wildman–Crippen MR) is 59.9 cm³/mol. The van der Waals surface area contributed by atoms with Gasteiger partial charge in [0.25, 0.3) is 0 Å². The Morgan fingerprint density at radius 2 is 2.12 bits per heavy atom. The van der Waals surface area contributed by atoms with Gasteiger partial charge in [-0.3, -0.25) is 4.79 Å². The van der Waals surface area contributed by atoms with Gasteiger partial charge in [-0.15, -0.1) is 0 Å². The third kappa shape index (κ3) is 4.65. The van der Waals surface area contributed by atoms with Crippen molar-refractivity contribution in [3.05, 3.63) is 29.8 Å². The highest BCUT2D eigenvalue weighted by Crippen LogP contribution is 2.17. The van der Waals surface area contributed by atoms with E-state index in [1.54, 1.807) is 31.2 Å². The van der Waals surface area contributed by atoms with Gasteiger partial charge in [-0.25, -0.2) is 0 Å². The van der Waals surface area contributed by atoms with E-state index >= 15 is 0 Å². The van der Waals surface area contributed by atoms with Crippen molar-refractivity contribution in [2.45, 2.75) is 25.9 Å². The summed E-state index contributed by atoms with van der Waals surface area (Å²) < 4.78 is 0. The number of carbonyl (C=O) groups is 2. The van der Waals surface area contributed by atoms with E-state index in [0.717, 1.165) is 0 Å². The van der Waals surface area contributed by atoms with Crippen LogP contribution < -0.4 is 10.4 Å². The van der Waals surface area contributed by atoms with Gasteiger partial charge in [0.15, 0.2) is 0 Å². The smallest absolute Gasteiger partial charge is 0.224 e. The molecule has 1 rings (SSSR count). The number of nitrogens with one attached hydrogen (secondary N) is 1. The number of benzene rings is 1. The van der Waals surface area contributed by atoms with E-state index in [1.807, 2.05) is 0 Å². The maximum Gasteiger partial charge on any atom is 0.224 e. The molecule has 1 amide bonds. The second-order valence-electron chi connectivity index (χ2n) is 3.72. The molecule has 17 heavy (non-hydrogen) atoms. The highest BCUT2D eigenvalue weighted by Gasteiger charge is 2.05. The number of carboxylic acid groups (broad SMARTS) is 1. The Morgan fingerprint density at radius 1 is 1.41 bits per heavy atom. The Balaban J connectivity index is 2.59. The van der Waals surface area contributed by atoms with Gasteiger partial charge in [0.2, 0.25) is 5.91 Å². The summed E-state index contributed by atoms with van der Waals surface area (Å²) in [6, 6.07) is 6.75. The van der Waals surface area contributed by atoms with Gasteiger partial charge < -0.3 is 20.3 Å². The normalized spacial score (nSPS) is 11.9. The van der Waals surface area contributed by atoms with Gasteiger partial charge in [-0.2, -0.15) is 0 Å². The molecule has 0 unspecified atom stereocenters. The predicted octanol–water partition coefficient (Wildman–Crippen LogP) is 0.208. The number of carboxylic acids is 1. The van der Waals surface area contributed by atoms with Gasteiger partial charge in [0, 0.05) is 18.1 Å². The lowest BCUT2D eigenvalue weighted by molar-refractivity contribution is -0.305. The summed E-state index contributed by atoms with van der Waals surface area (Å²) in [4.78, 5) is 21.5. The largest absolute Gasteiger partial charge is 0.550 e. The monoisotopic (exact) mass is 236 g/mol. The first kappa shape index (κ1) is 13.2. The number of rotatable bonds is 5. The molecule has 1 aromatic rings. The molecular weight excluding hydrogens is 222 g/mol. The Morgan fingerprint density at radius 3 is 2.71 bits per heavy atom. The number of hydrogen-bond acceptors (Lipinski definition) is 4. The second kappa shape index (κ2) is 6.00. The summed E-state index contributed by atoms with van der Waals surface area (Å²) in [5, 5.41) is 22.1. The molecule has 0 saturated heterocycles. The topological polar surface area (TPSA) is 89.5 Å². The SMILES string of the molecule is C[C@H](O)c1cccc(NC(=O)CCC(=O)[O-])c1. The lowest BCUT2D eigenvalue weighted by Crippen LogP contribution is -2.24. The van der Waals surface area contributed by atoms with Gasteiger partial charge in [0.05, 0.1) is 6.10 Å². The molecule has 0 aliphatic rings. The summed E-state index contributed by atoms with van der Waals surface area (Å²) in [7, 11) is 0. The van der Waals surface area contributed by atoms with Crippen molar-refractivity contribution in [3.8, 4) is 0 Å². The summed E-state index contributed by atoms with van der Waals surface area (Å²) in [6.45, 7) is 1.62. The molecule has 0 fully saturated rings. The third-order valence-electron chi connectivity index (χ3n) is 2.21. The fraction of sp³-hybridized carbons (Fsp3) is 0.333.